The molecule has 6 unspecified atom stereocenters. The van der Waals surface area contributed by atoms with Crippen molar-refractivity contribution >= 4 is 5.78 Å². The Morgan fingerprint density at radius 1 is 1.00 bits per heavy atom. The van der Waals surface area contributed by atoms with Crippen molar-refractivity contribution in [2.24, 2.45) is 0 Å². The van der Waals surface area contributed by atoms with Gasteiger partial charge in [-0.2, -0.15) is 0 Å². The molecule has 0 radical (unpaired) electrons. The predicted octanol–water partition coefficient (Wildman–Crippen LogP) is -0.0170. The summed E-state index contributed by atoms with van der Waals surface area (Å²) in [6.07, 6.45) is -8.34. The van der Waals surface area contributed by atoms with Gasteiger partial charge in [0, 0.05) is 17.7 Å². The Labute approximate surface area is 176 Å². The van der Waals surface area contributed by atoms with Crippen molar-refractivity contribution in [3.63, 3.8) is 0 Å². The number of carbonyl (C=O) groups is 1. The van der Waals surface area contributed by atoms with Gasteiger partial charge < -0.3 is 44.8 Å². The van der Waals surface area contributed by atoms with E-state index in [0.29, 0.717) is 5.56 Å². The lowest BCUT2D eigenvalue weighted by Gasteiger charge is -2.39. The average Bonchev–Trinajstić information content (AvgIpc) is 2.74. The largest absolute Gasteiger partial charge is 0.508 e. The molecule has 0 amide bonds. The number of carbonyl (C=O) groups excluding carboxylic acids is 1. The highest BCUT2D eigenvalue weighted by Gasteiger charge is 2.45. The van der Waals surface area contributed by atoms with E-state index in [2.05, 4.69) is 0 Å². The third-order valence-corrected chi connectivity index (χ3v) is 5.36. The highest BCUT2D eigenvalue weighted by atomic mass is 16.7. The topological polar surface area (TPSA) is 166 Å². The van der Waals surface area contributed by atoms with E-state index in [1.807, 2.05) is 0 Å². The molecule has 10 heteroatoms. The Morgan fingerprint density at radius 3 is 2.45 bits per heavy atom. The molecule has 6 N–H and O–H groups in total. The van der Waals surface area contributed by atoms with Gasteiger partial charge in [-0.15, -0.1) is 0 Å². The number of aliphatic hydroxyl groups excluding tert-OH is 4. The lowest BCUT2D eigenvalue weighted by molar-refractivity contribution is -0.277. The van der Waals surface area contributed by atoms with E-state index in [0.717, 1.165) is 6.07 Å². The molecule has 4 rings (SSSR count). The highest BCUT2D eigenvalue weighted by molar-refractivity contribution is 6.02. The van der Waals surface area contributed by atoms with Crippen molar-refractivity contribution in [1.29, 1.82) is 0 Å². The van der Waals surface area contributed by atoms with E-state index < -0.39 is 54.9 Å². The number of para-hydroxylation sites is 1. The fourth-order valence-corrected chi connectivity index (χ4v) is 3.71. The average molecular weight is 434 g/mol. The molecule has 2 aromatic carbocycles. The van der Waals surface area contributed by atoms with Crippen LogP contribution >= 0.6 is 0 Å². The molecular formula is C21H22O10. The van der Waals surface area contributed by atoms with Crippen LogP contribution in [0.2, 0.25) is 0 Å². The fourth-order valence-electron chi connectivity index (χ4n) is 3.71. The van der Waals surface area contributed by atoms with Crippen LogP contribution in [0.4, 0.5) is 0 Å². The number of phenols is 2. The van der Waals surface area contributed by atoms with E-state index in [4.69, 9.17) is 14.2 Å². The molecule has 166 valence electrons. The van der Waals surface area contributed by atoms with Crippen LogP contribution in [0.15, 0.2) is 36.4 Å². The number of hydrogen-bond acceptors (Lipinski definition) is 10. The quantitative estimate of drug-likeness (QED) is 0.385. The maximum Gasteiger partial charge on any atom is 0.229 e. The summed E-state index contributed by atoms with van der Waals surface area (Å²) in [6, 6.07) is 8.84. The number of Topliss-reactive ketones (excluding diaryl/α,β-unsaturated/α-hetero) is 1. The number of ether oxygens (including phenoxy) is 3. The SMILES string of the molecule is O=C1CC(c2ccccc2O)Oc2cc(OC3OC(CO)C(O)C(O)C3O)cc(O)c21. The minimum atomic E-state index is -1.65. The zero-order valence-electron chi connectivity index (χ0n) is 16.2. The standard InChI is InChI=1S/C21H22O10/c22-8-16-18(26)19(27)20(28)21(31-16)29-9-5-12(24)17-13(25)7-14(30-15(17)6-9)10-3-1-2-4-11(10)23/h1-6,14,16,18-24,26-28H,7-8H2. The molecule has 0 aliphatic carbocycles. The van der Waals surface area contributed by atoms with Gasteiger partial charge in [-0.1, -0.05) is 18.2 Å². The van der Waals surface area contributed by atoms with Crippen molar-refractivity contribution in [2.45, 2.75) is 43.2 Å². The van der Waals surface area contributed by atoms with Crippen LogP contribution in [0.3, 0.4) is 0 Å². The molecule has 0 saturated carbocycles. The van der Waals surface area contributed by atoms with Crippen molar-refractivity contribution in [3.8, 4) is 23.0 Å². The number of hydrogen-bond donors (Lipinski definition) is 6. The summed E-state index contributed by atoms with van der Waals surface area (Å²) in [5.41, 5.74) is 0.356. The molecule has 0 bridgehead atoms. The minimum absolute atomic E-state index is 0.00379. The van der Waals surface area contributed by atoms with E-state index in [-0.39, 0.29) is 29.2 Å². The second-order valence-corrected chi connectivity index (χ2v) is 7.42. The van der Waals surface area contributed by atoms with Gasteiger partial charge in [0.1, 0.15) is 59.1 Å². The Bertz CT molecular complexity index is 975. The first-order chi connectivity index (χ1) is 14.8. The van der Waals surface area contributed by atoms with Crippen molar-refractivity contribution in [3.05, 3.63) is 47.5 Å². The van der Waals surface area contributed by atoms with Crippen LogP contribution < -0.4 is 9.47 Å². The van der Waals surface area contributed by atoms with Crippen LogP contribution in [0.1, 0.15) is 28.4 Å². The van der Waals surface area contributed by atoms with Gasteiger partial charge in [-0.25, -0.2) is 0 Å². The second kappa shape index (κ2) is 8.33. The Kier molecular flexibility index (Phi) is 5.73. The normalized spacial score (nSPS) is 30.4. The summed E-state index contributed by atoms with van der Waals surface area (Å²) >= 11 is 0. The molecule has 10 nitrogen and oxygen atoms in total. The fraction of sp³-hybridized carbons (Fsp3) is 0.381. The molecule has 2 aromatic rings. The van der Waals surface area contributed by atoms with E-state index >= 15 is 0 Å². The molecule has 2 aliphatic rings. The van der Waals surface area contributed by atoms with Gasteiger partial charge >= 0.3 is 0 Å². The lowest BCUT2D eigenvalue weighted by Crippen LogP contribution is -2.60. The Morgan fingerprint density at radius 2 is 1.74 bits per heavy atom. The molecule has 0 spiro atoms. The number of rotatable bonds is 4. The number of ketones is 1. The molecule has 1 saturated heterocycles. The van der Waals surface area contributed by atoms with Crippen molar-refractivity contribution < 1.29 is 49.6 Å². The summed E-state index contributed by atoms with van der Waals surface area (Å²) in [5, 5.41) is 59.6. The van der Waals surface area contributed by atoms with Crippen molar-refractivity contribution in [1.82, 2.24) is 0 Å². The van der Waals surface area contributed by atoms with Crippen molar-refractivity contribution in [2.75, 3.05) is 6.61 Å². The first kappa shape index (κ1) is 21.3. The highest BCUT2D eigenvalue weighted by Crippen LogP contribution is 2.43. The number of fused-ring (bicyclic) bond motifs is 1. The van der Waals surface area contributed by atoms with Gasteiger partial charge in [0.2, 0.25) is 6.29 Å². The number of aromatic hydroxyl groups is 2. The zero-order chi connectivity index (χ0) is 22.3. The van der Waals surface area contributed by atoms with Gasteiger partial charge in [-0.3, -0.25) is 4.79 Å². The van der Waals surface area contributed by atoms with E-state index in [9.17, 15) is 35.4 Å². The maximum absolute atomic E-state index is 12.6. The third kappa shape index (κ3) is 3.91. The van der Waals surface area contributed by atoms with Crippen LogP contribution in [0.25, 0.3) is 0 Å². The third-order valence-electron chi connectivity index (χ3n) is 5.36. The van der Waals surface area contributed by atoms with Crippen LogP contribution in [0, 0.1) is 0 Å². The second-order valence-electron chi connectivity index (χ2n) is 7.42. The Balaban J connectivity index is 1.61. The molecule has 2 aliphatic heterocycles. The Hall–Kier alpha value is -2.89. The first-order valence-corrected chi connectivity index (χ1v) is 9.62. The molecule has 31 heavy (non-hydrogen) atoms. The van der Waals surface area contributed by atoms with Gasteiger partial charge in [0.05, 0.1) is 13.0 Å². The number of benzene rings is 2. The van der Waals surface area contributed by atoms with Gasteiger partial charge in [0.25, 0.3) is 0 Å². The van der Waals surface area contributed by atoms with Crippen LogP contribution in [-0.2, 0) is 4.74 Å². The minimum Gasteiger partial charge on any atom is -0.508 e. The number of phenolic OH excluding ortho intramolecular Hbond substituents is 2. The summed E-state index contributed by atoms with van der Waals surface area (Å²) in [7, 11) is 0. The number of aliphatic hydroxyl groups is 4. The van der Waals surface area contributed by atoms with Crippen LogP contribution in [0.5, 0.6) is 23.0 Å². The first-order valence-electron chi connectivity index (χ1n) is 9.62. The zero-order valence-corrected chi connectivity index (χ0v) is 16.2. The maximum atomic E-state index is 12.6. The predicted molar refractivity (Wildman–Crippen MR) is 103 cm³/mol. The van der Waals surface area contributed by atoms with E-state index in [1.54, 1.807) is 18.2 Å². The van der Waals surface area contributed by atoms with Gasteiger partial charge in [0.15, 0.2) is 5.78 Å². The summed E-state index contributed by atoms with van der Waals surface area (Å²) in [5.74, 6) is -0.902. The van der Waals surface area contributed by atoms with E-state index in [1.165, 1.54) is 12.1 Å². The molecule has 1 fully saturated rings. The lowest BCUT2D eigenvalue weighted by atomic mass is 9.95. The molecule has 6 atom stereocenters. The molecular weight excluding hydrogens is 412 g/mol. The molecule has 2 heterocycles. The summed E-state index contributed by atoms with van der Waals surface area (Å²) < 4.78 is 16.6. The van der Waals surface area contributed by atoms with Gasteiger partial charge in [-0.05, 0) is 6.07 Å². The van der Waals surface area contributed by atoms with Crippen LogP contribution in [-0.4, -0.2) is 73.7 Å². The summed E-state index contributed by atoms with van der Waals surface area (Å²) in [4.78, 5) is 12.6. The molecule has 0 aromatic heterocycles. The monoisotopic (exact) mass is 434 g/mol. The smallest absolute Gasteiger partial charge is 0.229 e. The summed E-state index contributed by atoms with van der Waals surface area (Å²) in [6.45, 7) is -0.625.